The Bertz CT molecular complexity index is 408. The van der Waals surface area contributed by atoms with Crippen LogP contribution >= 0.6 is 31.9 Å². The van der Waals surface area contributed by atoms with Crippen molar-refractivity contribution >= 4 is 37.5 Å². The van der Waals surface area contributed by atoms with E-state index in [0.29, 0.717) is 6.04 Å². The van der Waals surface area contributed by atoms with Gasteiger partial charge in [-0.2, -0.15) is 0 Å². The molecule has 3 heteroatoms. The molecule has 2 rings (SSSR count). The molecule has 1 aromatic carbocycles. The molecule has 0 spiro atoms. The van der Waals surface area contributed by atoms with Gasteiger partial charge in [-0.05, 0) is 81.7 Å². The first-order valence-corrected chi connectivity index (χ1v) is 8.91. The molecule has 1 nitrogen and oxygen atoms in total. The molecule has 0 saturated heterocycles. The molecule has 2 atom stereocenters. The van der Waals surface area contributed by atoms with E-state index < -0.39 is 0 Å². The van der Waals surface area contributed by atoms with Gasteiger partial charge in [-0.25, -0.2) is 0 Å². The van der Waals surface area contributed by atoms with E-state index in [1.807, 2.05) is 0 Å². The SMILES string of the molecule is CCC1CCCC(Nc2c(Br)cc(C)cc2Br)CC1. The van der Waals surface area contributed by atoms with E-state index in [1.54, 1.807) is 0 Å². The first kappa shape index (κ1) is 15.4. The fourth-order valence-corrected chi connectivity index (χ4v) is 4.62. The molecule has 1 fully saturated rings. The van der Waals surface area contributed by atoms with Crippen LogP contribution in [0.1, 0.15) is 51.0 Å². The van der Waals surface area contributed by atoms with E-state index in [-0.39, 0.29) is 0 Å². The van der Waals surface area contributed by atoms with Gasteiger partial charge in [0.2, 0.25) is 0 Å². The van der Waals surface area contributed by atoms with Gasteiger partial charge >= 0.3 is 0 Å². The predicted octanol–water partition coefficient (Wildman–Crippen LogP) is 6.29. The molecule has 106 valence electrons. The van der Waals surface area contributed by atoms with Crippen LogP contribution in [-0.4, -0.2) is 6.04 Å². The van der Waals surface area contributed by atoms with E-state index in [0.717, 1.165) is 14.9 Å². The van der Waals surface area contributed by atoms with Crippen LogP contribution < -0.4 is 5.32 Å². The Balaban J connectivity index is 2.05. The van der Waals surface area contributed by atoms with E-state index in [4.69, 9.17) is 0 Å². The van der Waals surface area contributed by atoms with Crippen LogP contribution in [0.4, 0.5) is 5.69 Å². The summed E-state index contributed by atoms with van der Waals surface area (Å²) in [5, 5.41) is 3.74. The zero-order chi connectivity index (χ0) is 13.8. The molecule has 19 heavy (non-hydrogen) atoms. The summed E-state index contributed by atoms with van der Waals surface area (Å²) in [6.45, 7) is 4.45. The second-order valence-electron chi connectivity index (χ2n) is 5.73. The van der Waals surface area contributed by atoms with Crippen molar-refractivity contribution in [2.45, 2.75) is 58.4 Å². The lowest BCUT2D eigenvalue weighted by Crippen LogP contribution is -2.19. The highest BCUT2D eigenvalue weighted by molar-refractivity contribution is 9.11. The van der Waals surface area contributed by atoms with Crippen molar-refractivity contribution in [2.24, 2.45) is 5.92 Å². The van der Waals surface area contributed by atoms with Gasteiger partial charge in [-0.15, -0.1) is 0 Å². The van der Waals surface area contributed by atoms with Crippen LogP contribution in [0.15, 0.2) is 21.1 Å². The molecule has 1 saturated carbocycles. The Morgan fingerprint density at radius 2 is 1.79 bits per heavy atom. The second kappa shape index (κ2) is 7.12. The minimum absolute atomic E-state index is 0.617. The van der Waals surface area contributed by atoms with Crippen LogP contribution in [0.25, 0.3) is 0 Å². The van der Waals surface area contributed by atoms with Crippen molar-refractivity contribution in [1.29, 1.82) is 0 Å². The predicted molar refractivity (Wildman–Crippen MR) is 90.9 cm³/mol. The number of nitrogens with one attached hydrogen (secondary N) is 1. The number of hydrogen-bond acceptors (Lipinski definition) is 1. The lowest BCUT2D eigenvalue weighted by Gasteiger charge is -2.20. The molecule has 0 bridgehead atoms. The summed E-state index contributed by atoms with van der Waals surface area (Å²) in [6.07, 6.45) is 8.07. The average Bonchev–Trinajstić information content (AvgIpc) is 2.58. The first-order chi connectivity index (χ1) is 9.10. The van der Waals surface area contributed by atoms with Crippen LogP contribution in [0.5, 0.6) is 0 Å². The summed E-state index contributed by atoms with van der Waals surface area (Å²) in [7, 11) is 0. The maximum absolute atomic E-state index is 3.74. The molecule has 0 aliphatic heterocycles. The number of rotatable bonds is 3. The molecule has 0 radical (unpaired) electrons. The van der Waals surface area contributed by atoms with Crippen LogP contribution in [0, 0.1) is 12.8 Å². The lowest BCUT2D eigenvalue weighted by molar-refractivity contribution is 0.444. The Labute approximate surface area is 133 Å². The monoisotopic (exact) mass is 387 g/mol. The number of aryl methyl sites for hydroxylation is 1. The van der Waals surface area contributed by atoms with E-state index >= 15 is 0 Å². The van der Waals surface area contributed by atoms with Crippen molar-refractivity contribution in [3.63, 3.8) is 0 Å². The fraction of sp³-hybridized carbons (Fsp3) is 0.625. The van der Waals surface area contributed by atoms with Crippen LogP contribution in [0.2, 0.25) is 0 Å². The van der Waals surface area contributed by atoms with E-state index in [9.17, 15) is 0 Å². The van der Waals surface area contributed by atoms with Gasteiger partial charge in [0.25, 0.3) is 0 Å². The third-order valence-corrected chi connectivity index (χ3v) is 5.45. The normalized spacial score (nSPS) is 24.0. The minimum atomic E-state index is 0.617. The molecule has 0 aromatic heterocycles. The first-order valence-electron chi connectivity index (χ1n) is 7.32. The molecule has 0 amide bonds. The number of halogens is 2. The molecule has 0 heterocycles. The number of benzene rings is 1. The summed E-state index contributed by atoms with van der Waals surface area (Å²) < 4.78 is 2.33. The highest BCUT2D eigenvalue weighted by Gasteiger charge is 2.19. The summed E-state index contributed by atoms with van der Waals surface area (Å²) in [6, 6.07) is 4.98. The summed E-state index contributed by atoms with van der Waals surface area (Å²) in [5.74, 6) is 0.941. The van der Waals surface area contributed by atoms with Gasteiger partial charge < -0.3 is 5.32 Å². The zero-order valence-corrected chi connectivity index (χ0v) is 15.0. The van der Waals surface area contributed by atoms with Crippen molar-refractivity contribution in [3.05, 3.63) is 26.6 Å². The van der Waals surface area contributed by atoms with Gasteiger partial charge in [-0.1, -0.05) is 26.2 Å². The molecule has 1 aliphatic rings. The molecule has 1 aliphatic carbocycles. The maximum atomic E-state index is 3.74. The van der Waals surface area contributed by atoms with Gasteiger partial charge in [0.05, 0.1) is 5.69 Å². The summed E-state index contributed by atoms with van der Waals surface area (Å²) in [4.78, 5) is 0. The maximum Gasteiger partial charge on any atom is 0.0631 e. The van der Waals surface area contributed by atoms with Crippen LogP contribution in [-0.2, 0) is 0 Å². The standard InChI is InChI=1S/C16H23Br2N/c1-3-12-5-4-6-13(8-7-12)19-16-14(17)9-11(2)10-15(16)18/h9-10,12-13,19H,3-8H2,1-2H3. The third-order valence-electron chi connectivity index (χ3n) is 4.20. The minimum Gasteiger partial charge on any atom is -0.380 e. The highest BCUT2D eigenvalue weighted by atomic mass is 79.9. The molecular weight excluding hydrogens is 366 g/mol. The highest BCUT2D eigenvalue weighted by Crippen LogP contribution is 2.35. The van der Waals surface area contributed by atoms with Gasteiger partial charge in [0, 0.05) is 15.0 Å². The lowest BCUT2D eigenvalue weighted by atomic mass is 9.98. The average molecular weight is 389 g/mol. The fourth-order valence-electron chi connectivity index (χ4n) is 2.97. The molecule has 2 unspecified atom stereocenters. The topological polar surface area (TPSA) is 12.0 Å². The van der Waals surface area contributed by atoms with Crippen LogP contribution in [0.3, 0.4) is 0 Å². The quantitative estimate of drug-likeness (QED) is 0.599. The molecule has 1 aromatic rings. The number of hydrogen-bond donors (Lipinski definition) is 1. The van der Waals surface area contributed by atoms with Gasteiger partial charge in [0.1, 0.15) is 0 Å². The molecule has 1 N–H and O–H groups in total. The molecular formula is C16H23Br2N. The van der Waals surface area contributed by atoms with Crippen molar-refractivity contribution in [2.75, 3.05) is 5.32 Å². The van der Waals surface area contributed by atoms with E-state index in [2.05, 4.69) is 63.2 Å². The second-order valence-corrected chi connectivity index (χ2v) is 7.44. The Morgan fingerprint density at radius 3 is 2.42 bits per heavy atom. The van der Waals surface area contributed by atoms with Crippen molar-refractivity contribution in [1.82, 2.24) is 0 Å². The third kappa shape index (κ3) is 4.22. The number of anilines is 1. The van der Waals surface area contributed by atoms with Gasteiger partial charge in [-0.3, -0.25) is 0 Å². The smallest absolute Gasteiger partial charge is 0.0631 e. The summed E-state index contributed by atoms with van der Waals surface area (Å²) >= 11 is 7.35. The Hall–Kier alpha value is -0.0200. The summed E-state index contributed by atoms with van der Waals surface area (Å²) in [5.41, 5.74) is 2.49. The Kier molecular flexibility index (Phi) is 5.76. The van der Waals surface area contributed by atoms with E-state index in [1.165, 1.54) is 49.8 Å². The Morgan fingerprint density at radius 1 is 1.11 bits per heavy atom. The zero-order valence-electron chi connectivity index (χ0n) is 11.8. The van der Waals surface area contributed by atoms with Crippen molar-refractivity contribution in [3.8, 4) is 0 Å². The largest absolute Gasteiger partial charge is 0.380 e. The van der Waals surface area contributed by atoms with Crippen molar-refractivity contribution < 1.29 is 0 Å². The van der Waals surface area contributed by atoms with Gasteiger partial charge in [0.15, 0.2) is 0 Å².